The third-order valence-electron chi connectivity index (χ3n) is 4.46. The van der Waals surface area contributed by atoms with E-state index in [2.05, 4.69) is 44.3 Å². The van der Waals surface area contributed by atoms with E-state index in [9.17, 15) is 0 Å². The van der Waals surface area contributed by atoms with Crippen LogP contribution in [0.2, 0.25) is 0 Å². The lowest BCUT2D eigenvalue weighted by Gasteiger charge is -2.21. The molecule has 2 atom stereocenters. The van der Waals surface area contributed by atoms with E-state index in [1.165, 1.54) is 43.2 Å². The molecule has 1 saturated carbocycles. The molecule has 0 amide bonds. The molecule has 0 radical (unpaired) electrons. The molecule has 2 rings (SSSR count). The second-order valence-corrected chi connectivity index (χ2v) is 6.11. The number of nitrogens with one attached hydrogen (secondary N) is 1. The van der Waals surface area contributed by atoms with Crippen molar-refractivity contribution in [1.29, 1.82) is 0 Å². The Balaban J connectivity index is 1.80. The van der Waals surface area contributed by atoms with Crippen LogP contribution in [-0.4, -0.2) is 19.2 Å². The van der Waals surface area contributed by atoms with E-state index in [1.807, 2.05) is 0 Å². The first-order valence-electron chi connectivity index (χ1n) is 8.14. The van der Waals surface area contributed by atoms with E-state index in [0.29, 0.717) is 0 Å². The molecular formula is C18H29NO. The van der Waals surface area contributed by atoms with Crippen LogP contribution in [0, 0.1) is 19.8 Å². The largest absolute Gasteiger partial charge is 0.493 e. The maximum absolute atomic E-state index is 6.05. The van der Waals surface area contributed by atoms with Crippen molar-refractivity contribution in [3.8, 4) is 5.75 Å². The number of benzene rings is 1. The fourth-order valence-corrected chi connectivity index (χ4v) is 3.32. The van der Waals surface area contributed by atoms with E-state index >= 15 is 0 Å². The van der Waals surface area contributed by atoms with E-state index in [1.54, 1.807) is 0 Å². The lowest BCUT2D eigenvalue weighted by Crippen LogP contribution is -2.33. The summed E-state index contributed by atoms with van der Waals surface area (Å²) in [6.45, 7) is 8.49. The average molecular weight is 275 g/mol. The summed E-state index contributed by atoms with van der Waals surface area (Å²) in [6.07, 6.45) is 6.47. The van der Waals surface area contributed by atoms with Crippen molar-refractivity contribution >= 4 is 0 Å². The minimum atomic E-state index is 0.719. The Labute approximate surface area is 123 Å². The summed E-state index contributed by atoms with van der Waals surface area (Å²) in [7, 11) is 0. The van der Waals surface area contributed by atoms with Gasteiger partial charge in [0.05, 0.1) is 6.61 Å². The van der Waals surface area contributed by atoms with Gasteiger partial charge in [0.15, 0.2) is 0 Å². The van der Waals surface area contributed by atoms with Crippen molar-refractivity contribution in [1.82, 2.24) is 5.32 Å². The quantitative estimate of drug-likeness (QED) is 0.803. The highest BCUT2D eigenvalue weighted by molar-refractivity contribution is 5.39. The van der Waals surface area contributed by atoms with Crippen LogP contribution < -0.4 is 10.1 Å². The molecule has 2 unspecified atom stereocenters. The van der Waals surface area contributed by atoms with Gasteiger partial charge in [-0.2, -0.15) is 0 Å². The molecule has 2 heteroatoms. The van der Waals surface area contributed by atoms with E-state index in [4.69, 9.17) is 4.74 Å². The molecule has 20 heavy (non-hydrogen) atoms. The molecule has 0 aromatic heterocycles. The van der Waals surface area contributed by atoms with Crippen LogP contribution >= 0.6 is 0 Å². The summed E-state index contributed by atoms with van der Waals surface area (Å²) >= 11 is 0. The zero-order chi connectivity index (χ0) is 14.4. The molecule has 1 aliphatic carbocycles. The Morgan fingerprint density at radius 1 is 1.20 bits per heavy atom. The van der Waals surface area contributed by atoms with Crippen LogP contribution in [0.5, 0.6) is 5.75 Å². The van der Waals surface area contributed by atoms with Gasteiger partial charge in [0, 0.05) is 6.04 Å². The second-order valence-electron chi connectivity index (χ2n) is 6.11. The SMILES string of the molecule is CCCNC1CCCC1CCOc1c(C)cccc1C. The maximum atomic E-state index is 6.05. The van der Waals surface area contributed by atoms with Gasteiger partial charge in [-0.15, -0.1) is 0 Å². The Bertz CT molecular complexity index is 396. The monoisotopic (exact) mass is 275 g/mol. The van der Waals surface area contributed by atoms with Crippen LogP contribution in [0.3, 0.4) is 0 Å². The Kier molecular flexibility index (Phi) is 5.90. The molecule has 0 spiro atoms. The predicted molar refractivity (Wildman–Crippen MR) is 85.5 cm³/mol. The molecule has 1 N–H and O–H groups in total. The topological polar surface area (TPSA) is 21.3 Å². The molecule has 0 bridgehead atoms. The summed E-state index contributed by atoms with van der Waals surface area (Å²) in [5.41, 5.74) is 2.49. The molecular weight excluding hydrogens is 246 g/mol. The number of para-hydroxylation sites is 1. The smallest absolute Gasteiger partial charge is 0.125 e. The molecule has 1 aromatic carbocycles. The van der Waals surface area contributed by atoms with E-state index in [0.717, 1.165) is 30.9 Å². The van der Waals surface area contributed by atoms with Gasteiger partial charge in [-0.1, -0.05) is 31.5 Å². The van der Waals surface area contributed by atoms with Gasteiger partial charge in [0.25, 0.3) is 0 Å². The Morgan fingerprint density at radius 3 is 2.65 bits per heavy atom. The van der Waals surface area contributed by atoms with Gasteiger partial charge in [-0.3, -0.25) is 0 Å². The normalized spacial score (nSPS) is 22.1. The molecule has 0 heterocycles. The van der Waals surface area contributed by atoms with Crippen molar-refractivity contribution in [2.24, 2.45) is 5.92 Å². The highest BCUT2D eigenvalue weighted by atomic mass is 16.5. The zero-order valence-corrected chi connectivity index (χ0v) is 13.2. The van der Waals surface area contributed by atoms with Crippen LogP contribution in [0.4, 0.5) is 0 Å². The maximum Gasteiger partial charge on any atom is 0.125 e. The summed E-state index contributed by atoms with van der Waals surface area (Å²) in [5, 5.41) is 3.70. The minimum Gasteiger partial charge on any atom is -0.493 e. The van der Waals surface area contributed by atoms with Crippen molar-refractivity contribution in [3.05, 3.63) is 29.3 Å². The van der Waals surface area contributed by atoms with Crippen molar-refractivity contribution in [3.63, 3.8) is 0 Å². The highest BCUT2D eigenvalue weighted by Crippen LogP contribution is 2.29. The molecule has 1 fully saturated rings. The third-order valence-corrected chi connectivity index (χ3v) is 4.46. The Hall–Kier alpha value is -1.02. The van der Waals surface area contributed by atoms with Crippen LogP contribution in [-0.2, 0) is 0 Å². The van der Waals surface area contributed by atoms with Gasteiger partial charge in [-0.25, -0.2) is 0 Å². The van der Waals surface area contributed by atoms with Crippen LogP contribution in [0.25, 0.3) is 0 Å². The first kappa shape index (κ1) is 15.4. The zero-order valence-electron chi connectivity index (χ0n) is 13.2. The average Bonchev–Trinajstić information content (AvgIpc) is 2.87. The molecule has 1 aromatic rings. The van der Waals surface area contributed by atoms with E-state index < -0.39 is 0 Å². The third kappa shape index (κ3) is 3.99. The predicted octanol–water partition coefficient (Wildman–Crippen LogP) is 4.24. The molecule has 1 aliphatic rings. The van der Waals surface area contributed by atoms with Gasteiger partial charge >= 0.3 is 0 Å². The van der Waals surface area contributed by atoms with Gasteiger partial charge in [0.2, 0.25) is 0 Å². The van der Waals surface area contributed by atoms with Gasteiger partial charge in [-0.05, 0) is 63.1 Å². The van der Waals surface area contributed by atoms with Gasteiger partial charge in [0.1, 0.15) is 5.75 Å². The number of hydrogen-bond donors (Lipinski definition) is 1. The lowest BCUT2D eigenvalue weighted by atomic mass is 10.00. The summed E-state index contributed by atoms with van der Waals surface area (Å²) in [4.78, 5) is 0. The van der Waals surface area contributed by atoms with Crippen molar-refractivity contribution in [2.75, 3.05) is 13.2 Å². The van der Waals surface area contributed by atoms with Crippen molar-refractivity contribution in [2.45, 2.75) is 58.9 Å². The Morgan fingerprint density at radius 2 is 1.95 bits per heavy atom. The highest BCUT2D eigenvalue weighted by Gasteiger charge is 2.26. The van der Waals surface area contributed by atoms with Crippen molar-refractivity contribution < 1.29 is 4.74 Å². The fourth-order valence-electron chi connectivity index (χ4n) is 3.32. The number of aryl methyl sites for hydroxylation is 2. The summed E-state index contributed by atoms with van der Waals surface area (Å²) in [5.74, 6) is 1.88. The molecule has 0 aliphatic heterocycles. The second kappa shape index (κ2) is 7.68. The first-order valence-corrected chi connectivity index (χ1v) is 8.14. The molecule has 2 nitrogen and oxygen atoms in total. The number of hydrogen-bond acceptors (Lipinski definition) is 2. The van der Waals surface area contributed by atoms with Crippen LogP contribution in [0.1, 0.15) is 50.2 Å². The summed E-state index contributed by atoms with van der Waals surface area (Å²) < 4.78 is 6.05. The first-order chi connectivity index (χ1) is 9.72. The van der Waals surface area contributed by atoms with Crippen LogP contribution in [0.15, 0.2) is 18.2 Å². The van der Waals surface area contributed by atoms with Gasteiger partial charge < -0.3 is 10.1 Å². The van der Waals surface area contributed by atoms with E-state index in [-0.39, 0.29) is 0 Å². The standard InChI is InChI=1S/C18H29NO/c1-4-12-19-17-10-6-9-16(17)11-13-20-18-14(2)7-5-8-15(18)3/h5,7-8,16-17,19H,4,6,9-13H2,1-3H3. The lowest BCUT2D eigenvalue weighted by molar-refractivity contribution is 0.258. The molecule has 0 saturated heterocycles. The number of ether oxygens (including phenoxy) is 1. The minimum absolute atomic E-state index is 0.719. The molecule has 112 valence electrons. The summed E-state index contributed by atoms with van der Waals surface area (Å²) in [6, 6.07) is 7.07. The number of rotatable bonds is 7. The fraction of sp³-hybridized carbons (Fsp3) is 0.667.